The van der Waals surface area contributed by atoms with Gasteiger partial charge in [0.1, 0.15) is 11.5 Å². The van der Waals surface area contributed by atoms with Crippen molar-refractivity contribution in [3.63, 3.8) is 0 Å². The molecule has 1 fully saturated rings. The zero-order valence-electron chi connectivity index (χ0n) is 10.5. The van der Waals surface area contributed by atoms with Crippen LogP contribution in [0.1, 0.15) is 12.8 Å². The molecule has 0 bridgehead atoms. The number of amides is 1. The van der Waals surface area contributed by atoms with Gasteiger partial charge in [-0.15, -0.1) is 0 Å². The lowest BCUT2D eigenvalue weighted by molar-refractivity contribution is -0.384. The first-order valence-corrected chi connectivity index (χ1v) is 7.22. The fourth-order valence-electron chi connectivity index (χ4n) is 1.70. The molecule has 0 spiro atoms. The van der Waals surface area contributed by atoms with Crippen molar-refractivity contribution in [3.8, 4) is 0 Å². The van der Waals surface area contributed by atoms with Gasteiger partial charge in [-0.3, -0.25) is 14.9 Å². The van der Waals surface area contributed by atoms with Gasteiger partial charge < -0.3 is 10.6 Å². The van der Waals surface area contributed by atoms with E-state index in [1.165, 1.54) is 6.07 Å². The van der Waals surface area contributed by atoms with Crippen LogP contribution in [-0.2, 0) is 4.79 Å². The van der Waals surface area contributed by atoms with E-state index in [0.717, 1.165) is 18.9 Å². The number of anilines is 1. The second-order valence-corrected chi connectivity index (χ2v) is 5.69. The number of nitro benzene ring substituents is 1. The molecule has 108 valence electrons. The Morgan fingerprint density at radius 3 is 2.75 bits per heavy atom. The third-order valence-electron chi connectivity index (χ3n) is 2.92. The van der Waals surface area contributed by atoms with Gasteiger partial charge in [-0.05, 0) is 35.4 Å². The number of nitrogens with zero attached hydrogens (tertiary/aromatic N) is 1. The standard InChI is InChI=1S/C12H13FIN3O3/c13-8-5-10(11(17(19)20)6-9(8)14)15-3-4-16-12(18)7-1-2-7/h5-7,15H,1-4H2,(H,16,18). The molecule has 6 nitrogen and oxygen atoms in total. The lowest BCUT2D eigenvalue weighted by Gasteiger charge is -2.09. The van der Waals surface area contributed by atoms with E-state index < -0.39 is 10.7 Å². The van der Waals surface area contributed by atoms with Crippen molar-refractivity contribution in [1.82, 2.24) is 5.32 Å². The Labute approximate surface area is 128 Å². The fraction of sp³-hybridized carbons (Fsp3) is 0.417. The second kappa shape index (κ2) is 6.33. The predicted octanol–water partition coefficient (Wildman–Crippen LogP) is 2.28. The van der Waals surface area contributed by atoms with Crippen LogP contribution in [0.4, 0.5) is 15.8 Å². The van der Waals surface area contributed by atoms with Crippen LogP contribution < -0.4 is 10.6 Å². The highest BCUT2D eigenvalue weighted by molar-refractivity contribution is 14.1. The van der Waals surface area contributed by atoms with Gasteiger partial charge in [-0.2, -0.15) is 0 Å². The van der Waals surface area contributed by atoms with Crippen LogP contribution in [0.3, 0.4) is 0 Å². The predicted molar refractivity (Wildman–Crippen MR) is 80.0 cm³/mol. The van der Waals surface area contributed by atoms with E-state index in [9.17, 15) is 19.3 Å². The molecule has 0 heterocycles. The van der Waals surface area contributed by atoms with Crippen molar-refractivity contribution < 1.29 is 14.1 Å². The monoisotopic (exact) mass is 393 g/mol. The summed E-state index contributed by atoms with van der Waals surface area (Å²) in [4.78, 5) is 21.7. The molecule has 0 aliphatic heterocycles. The molecule has 0 atom stereocenters. The number of hydrogen-bond donors (Lipinski definition) is 2. The van der Waals surface area contributed by atoms with E-state index in [1.807, 2.05) is 0 Å². The highest BCUT2D eigenvalue weighted by atomic mass is 127. The number of nitrogens with one attached hydrogen (secondary N) is 2. The van der Waals surface area contributed by atoms with Gasteiger partial charge in [0.15, 0.2) is 0 Å². The summed E-state index contributed by atoms with van der Waals surface area (Å²) in [5, 5.41) is 16.4. The van der Waals surface area contributed by atoms with Crippen molar-refractivity contribution >= 4 is 39.9 Å². The molecular formula is C12H13FIN3O3. The number of nitro groups is 1. The maximum Gasteiger partial charge on any atom is 0.293 e. The molecule has 2 rings (SSSR count). The molecular weight excluding hydrogens is 380 g/mol. The molecule has 0 aromatic heterocycles. The first kappa shape index (κ1) is 14.9. The molecule has 1 aliphatic rings. The Morgan fingerprint density at radius 2 is 2.15 bits per heavy atom. The Balaban J connectivity index is 1.92. The van der Waals surface area contributed by atoms with Gasteiger partial charge in [-0.1, -0.05) is 0 Å². The maximum absolute atomic E-state index is 13.4. The van der Waals surface area contributed by atoms with Crippen molar-refractivity contribution in [1.29, 1.82) is 0 Å². The molecule has 1 saturated carbocycles. The van der Waals surface area contributed by atoms with Crippen molar-refractivity contribution in [2.75, 3.05) is 18.4 Å². The van der Waals surface area contributed by atoms with Gasteiger partial charge in [-0.25, -0.2) is 4.39 Å². The van der Waals surface area contributed by atoms with Gasteiger partial charge in [0.2, 0.25) is 5.91 Å². The quantitative estimate of drug-likeness (QED) is 0.336. The summed E-state index contributed by atoms with van der Waals surface area (Å²) in [6.07, 6.45) is 1.85. The Bertz CT molecular complexity index is 549. The molecule has 1 aromatic carbocycles. The zero-order chi connectivity index (χ0) is 14.7. The molecule has 1 aliphatic carbocycles. The molecule has 0 radical (unpaired) electrons. The SMILES string of the molecule is O=C(NCCNc1cc(F)c(I)cc1[N+](=O)[O-])C1CC1. The van der Waals surface area contributed by atoms with Crippen LogP contribution in [0.25, 0.3) is 0 Å². The highest BCUT2D eigenvalue weighted by Crippen LogP contribution is 2.29. The minimum Gasteiger partial charge on any atom is -0.378 e. The van der Waals surface area contributed by atoms with Gasteiger partial charge in [0.25, 0.3) is 5.69 Å². The van der Waals surface area contributed by atoms with Crippen LogP contribution in [0.15, 0.2) is 12.1 Å². The summed E-state index contributed by atoms with van der Waals surface area (Å²) in [5.41, 5.74) is -0.0575. The second-order valence-electron chi connectivity index (χ2n) is 4.53. The minimum atomic E-state index is -0.563. The summed E-state index contributed by atoms with van der Waals surface area (Å²) in [7, 11) is 0. The fourth-order valence-corrected chi connectivity index (χ4v) is 2.15. The molecule has 1 amide bonds. The number of halogens is 2. The van der Waals surface area contributed by atoms with Gasteiger partial charge in [0.05, 0.1) is 8.49 Å². The van der Waals surface area contributed by atoms with Gasteiger partial charge >= 0.3 is 0 Å². The summed E-state index contributed by atoms with van der Waals surface area (Å²) in [6, 6.07) is 2.28. The third kappa shape index (κ3) is 3.78. The zero-order valence-corrected chi connectivity index (χ0v) is 12.6. The van der Waals surface area contributed by atoms with Crippen LogP contribution >= 0.6 is 22.6 Å². The summed E-state index contributed by atoms with van der Waals surface area (Å²) in [6.45, 7) is 0.652. The number of rotatable bonds is 6. The van der Waals surface area contributed by atoms with Crippen LogP contribution in [0.2, 0.25) is 0 Å². The first-order valence-electron chi connectivity index (χ1n) is 6.14. The van der Waals surface area contributed by atoms with Crippen molar-refractivity contribution in [2.45, 2.75) is 12.8 Å². The number of benzene rings is 1. The third-order valence-corrected chi connectivity index (χ3v) is 3.75. The Kier molecular flexibility index (Phi) is 4.73. The van der Waals surface area contributed by atoms with Crippen LogP contribution in [-0.4, -0.2) is 23.9 Å². The van der Waals surface area contributed by atoms with E-state index in [1.54, 1.807) is 22.6 Å². The minimum absolute atomic E-state index is 0.00934. The molecule has 20 heavy (non-hydrogen) atoms. The number of hydrogen-bond acceptors (Lipinski definition) is 4. The summed E-state index contributed by atoms with van der Waals surface area (Å²) < 4.78 is 13.6. The highest BCUT2D eigenvalue weighted by Gasteiger charge is 2.29. The average Bonchev–Trinajstić information content (AvgIpc) is 3.22. The normalized spacial score (nSPS) is 13.9. The molecule has 0 saturated heterocycles. The molecule has 8 heteroatoms. The van der Waals surface area contributed by atoms with E-state index in [2.05, 4.69) is 10.6 Å². The topological polar surface area (TPSA) is 84.3 Å². The average molecular weight is 393 g/mol. The Hall–Kier alpha value is -1.45. The smallest absolute Gasteiger partial charge is 0.293 e. The van der Waals surface area contributed by atoms with E-state index in [0.29, 0.717) is 13.1 Å². The lowest BCUT2D eigenvalue weighted by atomic mass is 10.2. The van der Waals surface area contributed by atoms with Crippen LogP contribution in [0, 0.1) is 25.4 Å². The van der Waals surface area contributed by atoms with E-state index >= 15 is 0 Å². The molecule has 2 N–H and O–H groups in total. The molecule has 0 unspecified atom stereocenters. The molecule has 1 aromatic rings. The number of carbonyl (C=O) groups is 1. The van der Waals surface area contributed by atoms with Crippen molar-refractivity contribution in [2.24, 2.45) is 5.92 Å². The summed E-state index contributed by atoms with van der Waals surface area (Å²) >= 11 is 1.70. The van der Waals surface area contributed by atoms with E-state index in [4.69, 9.17) is 0 Å². The van der Waals surface area contributed by atoms with Gasteiger partial charge in [0, 0.05) is 31.1 Å². The van der Waals surface area contributed by atoms with Crippen LogP contribution in [0.5, 0.6) is 0 Å². The van der Waals surface area contributed by atoms with E-state index in [-0.39, 0.29) is 26.8 Å². The largest absolute Gasteiger partial charge is 0.378 e. The number of carbonyl (C=O) groups excluding carboxylic acids is 1. The van der Waals surface area contributed by atoms with Crippen molar-refractivity contribution in [3.05, 3.63) is 31.6 Å². The maximum atomic E-state index is 13.4. The summed E-state index contributed by atoms with van der Waals surface area (Å²) in [5.74, 6) is -0.379. The first-order chi connectivity index (χ1) is 9.49. The Morgan fingerprint density at radius 1 is 1.45 bits per heavy atom. The lowest BCUT2D eigenvalue weighted by Crippen LogP contribution is -2.29.